The summed E-state index contributed by atoms with van der Waals surface area (Å²) in [5, 5.41) is 0. The van der Waals surface area contributed by atoms with Gasteiger partial charge >= 0.3 is 0 Å². The molecule has 0 aliphatic carbocycles. The molecule has 1 aromatic carbocycles. The maximum Gasteiger partial charge on any atom is 0.244 e. The summed E-state index contributed by atoms with van der Waals surface area (Å²) in [6, 6.07) is 6.00. The Morgan fingerprint density at radius 2 is 1.89 bits per heavy atom. The molecule has 0 saturated carbocycles. The van der Waals surface area contributed by atoms with Crippen LogP contribution < -0.4 is 9.46 Å². The maximum atomic E-state index is 12.8. The minimum Gasteiger partial charge on any atom is -0.495 e. The Labute approximate surface area is 163 Å². The molecule has 0 radical (unpaired) electrons. The van der Waals surface area contributed by atoms with Crippen LogP contribution in [0.15, 0.2) is 23.1 Å². The summed E-state index contributed by atoms with van der Waals surface area (Å²) in [6.45, 7) is 6.32. The van der Waals surface area contributed by atoms with E-state index in [1.54, 1.807) is 12.1 Å². The number of likely N-dealkylation sites (tertiary alicyclic amines) is 1. The highest BCUT2D eigenvalue weighted by Crippen LogP contribution is 2.26. The fourth-order valence-corrected chi connectivity index (χ4v) is 5.36. The quantitative estimate of drug-likeness (QED) is 0.767. The number of hydrogen-bond donors (Lipinski definition) is 1. The van der Waals surface area contributed by atoms with Gasteiger partial charge in [-0.1, -0.05) is 13.0 Å². The molecule has 152 valence electrons. The number of benzene rings is 1. The third kappa shape index (κ3) is 5.22. The lowest BCUT2D eigenvalue weighted by Crippen LogP contribution is -2.45. The van der Waals surface area contributed by atoms with E-state index in [0.29, 0.717) is 24.3 Å². The van der Waals surface area contributed by atoms with E-state index in [-0.39, 0.29) is 4.90 Å². The Bertz CT molecular complexity index is 709. The Balaban J connectivity index is 1.55. The van der Waals surface area contributed by atoms with Gasteiger partial charge in [0.25, 0.3) is 0 Å². The van der Waals surface area contributed by atoms with Crippen molar-refractivity contribution in [3.8, 4) is 5.75 Å². The van der Waals surface area contributed by atoms with Crippen molar-refractivity contribution < 1.29 is 17.9 Å². The zero-order valence-corrected chi connectivity index (χ0v) is 17.3. The van der Waals surface area contributed by atoms with E-state index >= 15 is 0 Å². The van der Waals surface area contributed by atoms with Gasteiger partial charge in [0.15, 0.2) is 0 Å². The first-order chi connectivity index (χ1) is 13.0. The first-order valence-corrected chi connectivity index (χ1v) is 11.5. The van der Waals surface area contributed by atoms with Gasteiger partial charge < -0.3 is 14.4 Å². The molecule has 0 atom stereocenters. The second-order valence-corrected chi connectivity index (χ2v) is 9.25. The van der Waals surface area contributed by atoms with E-state index in [9.17, 15) is 8.42 Å². The Hall–Kier alpha value is -1.15. The van der Waals surface area contributed by atoms with Crippen LogP contribution in [0, 0.1) is 5.92 Å². The fourth-order valence-electron chi connectivity index (χ4n) is 4.03. The number of rotatable bonds is 7. The van der Waals surface area contributed by atoms with Crippen LogP contribution in [0.4, 0.5) is 0 Å². The monoisotopic (exact) mass is 396 g/mol. The zero-order chi connectivity index (χ0) is 19.3. The molecule has 0 bridgehead atoms. The van der Waals surface area contributed by atoms with E-state index in [2.05, 4.69) is 9.62 Å². The third-order valence-corrected chi connectivity index (χ3v) is 7.29. The van der Waals surface area contributed by atoms with Crippen molar-refractivity contribution in [3.05, 3.63) is 23.8 Å². The smallest absolute Gasteiger partial charge is 0.244 e. The molecule has 2 aliphatic heterocycles. The molecule has 2 heterocycles. The van der Waals surface area contributed by atoms with Crippen LogP contribution in [0.3, 0.4) is 0 Å². The molecule has 27 heavy (non-hydrogen) atoms. The van der Waals surface area contributed by atoms with Gasteiger partial charge in [0.05, 0.1) is 7.11 Å². The number of ether oxygens (including phenoxy) is 2. The minimum absolute atomic E-state index is 0.240. The molecule has 0 amide bonds. The Morgan fingerprint density at radius 1 is 1.19 bits per heavy atom. The topological polar surface area (TPSA) is 67.9 Å². The van der Waals surface area contributed by atoms with Crippen molar-refractivity contribution in [2.45, 2.75) is 50.0 Å². The Kier molecular flexibility index (Phi) is 7.14. The first kappa shape index (κ1) is 20.6. The number of nitrogens with zero attached hydrogens (tertiary/aromatic N) is 1. The van der Waals surface area contributed by atoms with Crippen LogP contribution in [-0.4, -0.2) is 59.3 Å². The molecule has 0 aromatic heterocycles. The standard InChI is InChI=1S/C20H32N2O4S/c1-3-16-4-5-19(25-2)20(14-16)27(23,24)21-15-17-6-10-22(11-7-17)18-8-12-26-13-9-18/h4-5,14,17-18,21H,3,6-13,15H2,1-2H3. The van der Waals surface area contributed by atoms with Crippen LogP contribution in [-0.2, 0) is 21.2 Å². The molecule has 2 aliphatic rings. The van der Waals surface area contributed by atoms with E-state index in [0.717, 1.165) is 64.0 Å². The molecule has 3 rings (SSSR count). The van der Waals surface area contributed by atoms with E-state index in [1.807, 2.05) is 13.0 Å². The lowest BCUT2D eigenvalue weighted by molar-refractivity contribution is 0.0214. The third-order valence-electron chi connectivity index (χ3n) is 5.84. The number of nitrogens with one attached hydrogen (secondary N) is 1. The van der Waals surface area contributed by atoms with Crippen molar-refractivity contribution in [2.24, 2.45) is 5.92 Å². The molecule has 6 nitrogen and oxygen atoms in total. The van der Waals surface area contributed by atoms with E-state index in [1.165, 1.54) is 7.11 Å². The minimum atomic E-state index is -3.57. The normalized spacial score (nSPS) is 20.7. The number of hydrogen-bond acceptors (Lipinski definition) is 5. The van der Waals surface area contributed by atoms with Gasteiger partial charge in [0.1, 0.15) is 10.6 Å². The fraction of sp³-hybridized carbons (Fsp3) is 0.700. The van der Waals surface area contributed by atoms with Crippen LogP contribution in [0.1, 0.15) is 38.2 Å². The predicted molar refractivity (Wildman–Crippen MR) is 106 cm³/mol. The summed E-state index contributed by atoms with van der Waals surface area (Å²) in [7, 11) is -2.07. The van der Waals surface area contributed by atoms with Crippen molar-refractivity contribution in [3.63, 3.8) is 0 Å². The lowest BCUT2D eigenvalue weighted by Gasteiger charge is -2.39. The summed E-state index contributed by atoms with van der Waals surface area (Å²) >= 11 is 0. The van der Waals surface area contributed by atoms with Crippen LogP contribution in [0.25, 0.3) is 0 Å². The lowest BCUT2D eigenvalue weighted by atomic mass is 9.94. The van der Waals surface area contributed by atoms with Gasteiger partial charge in [-0.15, -0.1) is 0 Å². The molecule has 0 spiro atoms. The van der Waals surface area contributed by atoms with Gasteiger partial charge in [-0.05, 0) is 68.8 Å². The second kappa shape index (κ2) is 9.37. The van der Waals surface area contributed by atoms with E-state index in [4.69, 9.17) is 9.47 Å². The zero-order valence-electron chi connectivity index (χ0n) is 16.4. The van der Waals surface area contributed by atoms with Crippen LogP contribution >= 0.6 is 0 Å². The SMILES string of the molecule is CCc1ccc(OC)c(S(=O)(=O)NCC2CCN(C3CCOCC3)CC2)c1. The van der Waals surface area contributed by atoms with Gasteiger partial charge in [-0.25, -0.2) is 13.1 Å². The maximum absolute atomic E-state index is 12.8. The average Bonchev–Trinajstić information content (AvgIpc) is 2.73. The highest BCUT2D eigenvalue weighted by molar-refractivity contribution is 7.89. The summed E-state index contributed by atoms with van der Waals surface area (Å²) < 4.78 is 39.2. The van der Waals surface area contributed by atoms with Crippen molar-refractivity contribution in [2.75, 3.05) is 40.0 Å². The molecule has 7 heteroatoms. The molecule has 2 saturated heterocycles. The van der Waals surface area contributed by atoms with Crippen molar-refractivity contribution >= 4 is 10.0 Å². The molecule has 1 aromatic rings. The van der Waals surface area contributed by atoms with Crippen LogP contribution in [0.5, 0.6) is 5.75 Å². The Morgan fingerprint density at radius 3 is 2.52 bits per heavy atom. The van der Waals surface area contributed by atoms with Crippen LogP contribution in [0.2, 0.25) is 0 Å². The molecular formula is C20H32N2O4S. The van der Waals surface area contributed by atoms with Crippen molar-refractivity contribution in [1.29, 1.82) is 0 Å². The molecule has 1 N–H and O–H groups in total. The predicted octanol–water partition coefficient (Wildman–Crippen LogP) is 2.43. The highest BCUT2D eigenvalue weighted by atomic mass is 32.2. The number of piperidine rings is 1. The molecule has 0 unspecified atom stereocenters. The number of sulfonamides is 1. The summed E-state index contributed by atoms with van der Waals surface area (Å²) in [5.74, 6) is 0.783. The van der Waals surface area contributed by atoms with Gasteiger partial charge in [-0.2, -0.15) is 0 Å². The first-order valence-electron chi connectivity index (χ1n) is 10.0. The molecular weight excluding hydrogens is 364 g/mol. The van der Waals surface area contributed by atoms with E-state index < -0.39 is 10.0 Å². The number of methoxy groups -OCH3 is 1. The average molecular weight is 397 g/mol. The summed E-state index contributed by atoms with van der Waals surface area (Å²) in [6.07, 6.45) is 5.09. The second-order valence-electron chi connectivity index (χ2n) is 7.51. The van der Waals surface area contributed by atoms with Gasteiger partial charge in [0.2, 0.25) is 10.0 Å². The van der Waals surface area contributed by atoms with Gasteiger partial charge in [0, 0.05) is 25.8 Å². The number of aryl methyl sites for hydroxylation is 1. The summed E-state index contributed by atoms with van der Waals surface area (Å²) in [4.78, 5) is 2.80. The summed E-state index contributed by atoms with van der Waals surface area (Å²) in [5.41, 5.74) is 0.987. The van der Waals surface area contributed by atoms with Crippen molar-refractivity contribution in [1.82, 2.24) is 9.62 Å². The van der Waals surface area contributed by atoms with Gasteiger partial charge in [-0.3, -0.25) is 0 Å². The largest absolute Gasteiger partial charge is 0.495 e. The molecule has 2 fully saturated rings. The highest BCUT2D eigenvalue weighted by Gasteiger charge is 2.28.